The molecule has 0 spiro atoms. The Hall–Kier alpha value is -1.31. The zero-order valence-corrected chi connectivity index (χ0v) is 15.2. The molecule has 0 bridgehead atoms. The zero-order valence-electron chi connectivity index (χ0n) is 13.5. The molecule has 1 aromatic carbocycles. The Morgan fingerprint density at radius 2 is 2.09 bits per heavy atom. The molecule has 1 amide bonds. The summed E-state index contributed by atoms with van der Waals surface area (Å²) in [7, 11) is 3.22. The molecule has 1 heterocycles. The molecule has 1 aromatic rings. The number of carbonyl (C=O) groups is 1. The van der Waals surface area contributed by atoms with Crippen LogP contribution in [0.25, 0.3) is 0 Å². The van der Waals surface area contributed by atoms with Crippen molar-refractivity contribution >= 4 is 34.2 Å². The van der Waals surface area contributed by atoms with E-state index in [9.17, 15) is 4.79 Å². The van der Waals surface area contributed by atoms with Crippen molar-refractivity contribution in [2.45, 2.75) is 18.6 Å². The summed E-state index contributed by atoms with van der Waals surface area (Å²) in [6, 6.07) is 5.75. The molecule has 0 aromatic heterocycles. The Labute approximate surface area is 146 Å². The van der Waals surface area contributed by atoms with Gasteiger partial charge in [0.05, 0.1) is 32.1 Å². The van der Waals surface area contributed by atoms with Crippen LogP contribution in [-0.4, -0.2) is 54.4 Å². The molecule has 0 N–H and O–H groups in total. The van der Waals surface area contributed by atoms with Crippen molar-refractivity contribution in [3.8, 4) is 11.5 Å². The molecule has 5 nitrogen and oxygen atoms in total. The topological polar surface area (TPSA) is 48.0 Å². The van der Waals surface area contributed by atoms with Crippen LogP contribution in [0.5, 0.6) is 11.5 Å². The van der Waals surface area contributed by atoms with E-state index in [0.717, 1.165) is 5.56 Å². The van der Waals surface area contributed by atoms with Crippen molar-refractivity contribution in [1.82, 2.24) is 4.90 Å². The zero-order chi connectivity index (χ0) is 16.8. The van der Waals surface area contributed by atoms with Gasteiger partial charge in [-0.05, 0) is 31.0 Å². The van der Waals surface area contributed by atoms with Crippen LogP contribution < -0.4 is 9.47 Å². The number of ether oxygens (including phenoxy) is 3. The molecule has 1 aliphatic rings. The van der Waals surface area contributed by atoms with E-state index in [1.165, 1.54) is 11.8 Å². The summed E-state index contributed by atoms with van der Waals surface area (Å²) in [6.07, 6.45) is 0.608. The van der Waals surface area contributed by atoms with Crippen molar-refractivity contribution in [1.29, 1.82) is 0 Å². The molecule has 2 rings (SSSR count). The first kappa shape index (κ1) is 18.0. The lowest BCUT2D eigenvalue weighted by molar-refractivity contribution is -0.126. The fourth-order valence-electron chi connectivity index (χ4n) is 2.34. The van der Waals surface area contributed by atoms with E-state index in [0.29, 0.717) is 42.0 Å². The summed E-state index contributed by atoms with van der Waals surface area (Å²) in [6.45, 7) is 3.47. The first-order valence-corrected chi connectivity index (χ1v) is 8.70. The van der Waals surface area contributed by atoms with Gasteiger partial charge < -0.3 is 14.2 Å². The average Bonchev–Trinajstić information content (AvgIpc) is 2.80. The van der Waals surface area contributed by atoms with Gasteiger partial charge in [-0.2, -0.15) is 0 Å². The van der Waals surface area contributed by atoms with Gasteiger partial charge in [0, 0.05) is 7.11 Å². The third-order valence-electron chi connectivity index (χ3n) is 3.47. The quantitative estimate of drug-likeness (QED) is 0.668. The first-order chi connectivity index (χ1) is 11.1. The predicted molar refractivity (Wildman–Crippen MR) is 95.4 cm³/mol. The molecule has 7 heteroatoms. The SMILES string of the molecule is CCOc1cc(C[C@@H]2SC(=S)N(CCOC)C2=O)ccc1OC. The summed E-state index contributed by atoms with van der Waals surface area (Å²) in [5.74, 6) is 1.44. The van der Waals surface area contributed by atoms with Crippen LogP contribution >= 0.6 is 24.0 Å². The number of hydrogen-bond donors (Lipinski definition) is 0. The van der Waals surface area contributed by atoms with E-state index in [2.05, 4.69) is 0 Å². The molecule has 0 radical (unpaired) electrons. The summed E-state index contributed by atoms with van der Waals surface area (Å²) in [5, 5.41) is -0.192. The van der Waals surface area contributed by atoms with Crippen LogP contribution in [-0.2, 0) is 16.0 Å². The highest BCUT2D eigenvalue weighted by Crippen LogP contribution is 2.33. The van der Waals surface area contributed by atoms with Crippen molar-refractivity contribution in [2.75, 3.05) is 34.0 Å². The van der Waals surface area contributed by atoms with Gasteiger partial charge in [0.1, 0.15) is 4.32 Å². The Bertz CT molecular complexity index is 579. The van der Waals surface area contributed by atoms with Crippen LogP contribution in [0.2, 0.25) is 0 Å². The predicted octanol–water partition coefficient (Wildman–Crippen LogP) is 2.51. The summed E-state index contributed by atoms with van der Waals surface area (Å²) < 4.78 is 16.5. The maximum absolute atomic E-state index is 12.5. The normalized spacial score (nSPS) is 17.7. The molecular formula is C16H21NO4S2. The minimum atomic E-state index is -0.192. The van der Waals surface area contributed by atoms with Crippen LogP contribution in [0, 0.1) is 0 Å². The number of thiocarbonyl (C=S) groups is 1. The monoisotopic (exact) mass is 355 g/mol. The molecule has 23 heavy (non-hydrogen) atoms. The second-order valence-corrected chi connectivity index (χ2v) is 6.81. The minimum absolute atomic E-state index is 0.0471. The Balaban J connectivity index is 2.08. The number of hydrogen-bond acceptors (Lipinski definition) is 6. The molecule has 1 saturated heterocycles. The molecule has 0 unspecified atom stereocenters. The molecule has 0 aliphatic carbocycles. The van der Waals surface area contributed by atoms with Crippen molar-refractivity contribution in [3.63, 3.8) is 0 Å². The van der Waals surface area contributed by atoms with Gasteiger partial charge >= 0.3 is 0 Å². The standard InChI is InChI=1S/C16H21NO4S2/c1-4-21-13-9-11(5-6-12(13)20-3)10-14-15(18)17(7-8-19-2)16(22)23-14/h5-6,9,14H,4,7-8,10H2,1-3H3/t14-/m0/s1. The highest BCUT2D eigenvalue weighted by atomic mass is 32.2. The Morgan fingerprint density at radius 1 is 1.30 bits per heavy atom. The highest BCUT2D eigenvalue weighted by molar-refractivity contribution is 8.24. The van der Waals surface area contributed by atoms with Gasteiger partial charge in [0.15, 0.2) is 11.5 Å². The molecular weight excluding hydrogens is 334 g/mol. The molecule has 126 valence electrons. The number of nitrogens with zero attached hydrogens (tertiary/aromatic N) is 1. The highest BCUT2D eigenvalue weighted by Gasteiger charge is 2.36. The maximum atomic E-state index is 12.5. The van der Waals surface area contributed by atoms with Gasteiger partial charge in [-0.1, -0.05) is 30.0 Å². The third-order valence-corrected chi connectivity index (χ3v) is 5.06. The number of thioether (sulfide) groups is 1. The van der Waals surface area contributed by atoms with Crippen molar-refractivity contribution in [3.05, 3.63) is 23.8 Å². The third kappa shape index (κ3) is 4.37. The van der Waals surface area contributed by atoms with Crippen LogP contribution in [0.15, 0.2) is 18.2 Å². The maximum Gasteiger partial charge on any atom is 0.242 e. The van der Waals surface area contributed by atoms with Gasteiger partial charge in [-0.15, -0.1) is 0 Å². The molecule has 0 saturated carbocycles. The van der Waals surface area contributed by atoms with Gasteiger partial charge in [-0.25, -0.2) is 0 Å². The Morgan fingerprint density at radius 3 is 2.74 bits per heavy atom. The lowest BCUT2D eigenvalue weighted by atomic mass is 10.1. The number of amides is 1. The Kier molecular flexibility index (Phi) is 6.68. The van der Waals surface area contributed by atoms with Crippen molar-refractivity contribution < 1.29 is 19.0 Å². The van der Waals surface area contributed by atoms with Crippen molar-refractivity contribution in [2.24, 2.45) is 0 Å². The smallest absolute Gasteiger partial charge is 0.242 e. The van der Waals surface area contributed by atoms with Gasteiger partial charge in [0.2, 0.25) is 5.91 Å². The second-order valence-electron chi connectivity index (χ2n) is 4.98. The summed E-state index contributed by atoms with van der Waals surface area (Å²) in [5.41, 5.74) is 1.02. The largest absolute Gasteiger partial charge is 0.493 e. The van der Waals surface area contributed by atoms with E-state index in [1.807, 2.05) is 25.1 Å². The number of methoxy groups -OCH3 is 2. The minimum Gasteiger partial charge on any atom is -0.493 e. The lowest BCUT2D eigenvalue weighted by Gasteiger charge is -2.15. The average molecular weight is 355 g/mol. The van der Waals surface area contributed by atoms with Crippen LogP contribution in [0.3, 0.4) is 0 Å². The van der Waals surface area contributed by atoms with E-state index in [4.69, 9.17) is 26.4 Å². The van der Waals surface area contributed by atoms with E-state index >= 15 is 0 Å². The molecule has 1 aliphatic heterocycles. The second kappa shape index (κ2) is 8.52. The van der Waals surface area contributed by atoms with E-state index < -0.39 is 0 Å². The van der Waals surface area contributed by atoms with Gasteiger partial charge in [0.25, 0.3) is 0 Å². The fraction of sp³-hybridized carbons (Fsp3) is 0.500. The van der Waals surface area contributed by atoms with E-state index in [1.54, 1.807) is 19.1 Å². The van der Waals surface area contributed by atoms with Gasteiger partial charge in [-0.3, -0.25) is 9.69 Å². The van der Waals surface area contributed by atoms with Crippen LogP contribution in [0.4, 0.5) is 0 Å². The summed E-state index contributed by atoms with van der Waals surface area (Å²) in [4.78, 5) is 14.1. The summed E-state index contributed by atoms with van der Waals surface area (Å²) >= 11 is 6.74. The van der Waals surface area contributed by atoms with E-state index in [-0.39, 0.29) is 11.2 Å². The van der Waals surface area contributed by atoms with Crippen LogP contribution in [0.1, 0.15) is 12.5 Å². The lowest BCUT2D eigenvalue weighted by Crippen LogP contribution is -2.34. The molecule has 1 fully saturated rings. The fourth-order valence-corrected chi connectivity index (χ4v) is 3.93. The number of benzene rings is 1. The first-order valence-electron chi connectivity index (χ1n) is 7.41. The number of rotatable bonds is 8. The molecule has 1 atom stereocenters. The number of carbonyl (C=O) groups excluding carboxylic acids is 1.